The van der Waals surface area contributed by atoms with Crippen LogP contribution in [-0.2, 0) is 29.3 Å². The second kappa shape index (κ2) is 5.82. The Morgan fingerprint density at radius 1 is 1.28 bits per heavy atom. The third-order valence-corrected chi connectivity index (χ3v) is 5.45. The molecule has 1 aromatic carbocycles. The summed E-state index contributed by atoms with van der Waals surface area (Å²) < 4.78 is 23.4. The van der Waals surface area contributed by atoms with Crippen LogP contribution in [-0.4, -0.2) is 41.1 Å². The first-order chi connectivity index (χ1) is 11.9. The highest BCUT2D eigenvalue weighted by Gasteiger charge is 2.23. The standard InChI is InChI=1S/C17H18N4O3S/c1-25(23,24)17-19-14-10-21(8-6-13(14)16(22)20-17)9-12-4-2-3-11-5-7-18-15(11)12/h2-5,7,18H,6,8-10H2,1H3,(H,19,20,22). The zero-order valence-electron chi connectivity index (χ0n) is 13.7. The van der Waals surface area contributed by atoms with E-state index < -0.39 is 9.84 Å². The van der Waals surface area contributed by atoms with Crippen molar-refractivity contribution in [3.05, 3.63) is 57.6 Å². The minimum absolute atomic E-state index is 0.260. The Hall–Kier alpha value is -2.45. The second-order valence-electron chi connectivity index (χ2n) is 6.39. The van der Waals surface area contributed by atoms with Gasteiger partial charge in [-0.1, -0.05) is 18.2 Å². The van der Waals surface area contributed by atoms with Crippen LogP contribution in [0.4, 0.5) is 0 Å². The minimum Gasteiger partial charge on any atom is -0.361 e. The second-order valence-corrected chi connectivity index (χ2v) is 8.32. The Morgan fingerprint density at radius 3 is 2.92 bits per heavy atom. The fraction of sp³-hybridized carbons (Fsp3) is 0.294. The van der Waals surface area contributed by atoms with Crippen molar-refractivity contribution in [1.29, 1.82) is 0 Å². The minimum atomic E-state index is -3.55. The molecule has 1 aliphatic heterocycles. The van der Waals surface area contributed by atoms with Crippen LogP contribution >= 0.6 is 0 Å². The van der Waals surface area contributed by atoms with Crippen LogP contribution in [0.25, 0.3) is 10.9 Å². The molecule has 2 N–H and O–H groups in total. The monoisotopic (exact) mass is 358 g/mol. The van der Waals surface area contributed by atoms with E-state index in [0.29, 0.717) is 30.8 Å². The van der Waals surface area contributed by atoms with Crippen LogP contribution in [0.2, 0.25) is 0 Å². The van der Waals surface area contributed by atoms with Crippen molar-refractivity contribution >= 4 is 20.7 Å². The highest BCUT2D eigenvalue weighted by atomic mass is 32.2. The number of rotatable bonds is 3. The van der Waals surface area contributed by atoms with Gasteiger partial charge in [0.15, 0.2) is 0 Å². The average Bonchev–Trinajstić information content (AvgIpc) is 3.03. The largest absolute Gasteiger partial charge is 0.361 e. The van der Waals surface area contributed by atoms with Gasteiger partial charge in [-0.25, -0.2) is 13.4 Å². The van der Waals surface area contributed by atoms with E-state index in [1.165, 1.54) is 5.56 Å². The summed E-state index contributed by atoms with van der Waals surface area (Å²) in [4.78, 5) is 24.2. The van der Waals surface area contributed by atoms with Crippen molar-refractivity contribution in [2.24, 2.45) is 0 Å². The zero-order valence-corrected chi connectivity index (χ0v) is 14.6. The number of benzene rings is 1. The predicted molar refractivity (Wildman–Crippen MR) is 94.1 cm³/mol. The van der Waals surface area contributed by atoms with Crippen molar-refractivity contribution in [2.45, 2.75) is 24.7 Å². The topological polar surface area (TPSA) is 98.9 Å². The molecule has 0 amide bonds. The highest BCUT2D eigenvalue weighted by molar-refractivity contribution is 7.90. The van der Waals surface area contributed by atoms with Gasteiger partial charge < -0.3 is 4.98 Å². The Bertz CT molecular complexity index is 1110. The lowest BCUT2D eigenvalue weighted by Crippen LogP contribution is -2.35. The lowest BCUT2D eigenvalue weighted by atomic mass is 10.1. The van der Waals surface area contributed by atoms with Gasteiger partial charge in [0.25, 0.3) is 5.56 Å². The van der Waals surface area contributed by atoms with Crippen molar-refractivity contribution in [3.8, 4) is 0 Å². The lowest BCUT2D eigenvalue weighted by Gasteiger charge is -2.27. The lowest BCUT2D eigenvalue weighted by molar-refractivity contribution is 0.240. The summed E-state index contributed by atoms with van der Waals surface area (Å²) in [5.74, 6) is 0. The number of hydrogen-bond acceptors (Lipinski definition) is 5. The van der Waals surface area contributed by atoms with Gasteiger partial charge in [0.05, 0.1) is 5.69 Å². The van der Waals surface area contributed by atoms with E-state index in [1.54, 1.807) is 0 Å². The molecule has 0 saturated heterocycles. The summed E-state index contributed by atoms with van der Waals surface area (Å²) in [5.41, 5.74) is 3.05. The molecule has 4 rings (SSSR count). The number of hydrogen-bond donors (Lipinski definition) is 2. The molecular formula is C17H18N4O3S. The van der Waals surface area contributed by atoms with Gasteiger partial charge >= 0.3 is 0 Å². The number of H-pyrrole nitrogens is 2. The van der Waals surface area contributed by atoms with E-state index in [9.17, 15) is 13.2 Å². The third kappa shape index (κ3) is 2.98. The third-order valence-electron chi connectivity index (χ3n) is 4.55. The molecule has 3 aromatic rings. The van der Waals surface area contributed by atoms with Crippen molar-refractivity contribution < 1.29 is 8.42 Å². The van der Waals surface area contributed by atoms with Gasteiger partial charge in [-0.05, 0) is 23.4 Å². The van der Waals surface area contributed by atoms with Crippen LogP contribution in [0.5, 0.6) is 0 Å². The van der Waals surface area contributed by atoms with Gasteiger partial charge in [0.2, 0.25) is 15.0 Å². The summed E-state index contributed by atoms with van der Waals surface area (Å²) in [6.45, 7) is 1.89. The first-order valence-electron chi connectivity index (χ1n) is 8.01. The Kier molecular flexibility index (Phi) is 3.73. The van der Waals surface area contributed by atoms with Gasteiger partial charge in [-0.15, -0.1) is 0 Å². The van der Waals surface area contributed by atoms with Gasteiger partial charge in [-0.3, -0.25) is 14.7 Å². The number of fused-ring (bicyclic) bond motifs is 2. The molecule has 0 atom stereocenters. The maximum atomic E-state index is 12.2. The number of aromatic amines is 2. The molecule has 0 saturated carbocycles. The molecule has 0 aliphatic carbocycles. The number of para-hydroxylation sites is 1. The fourth-order valence-electron chi connectivity index (χ4n) is 3.30. The molecule has 0 spiro atoms. The Labute approximate surface area is 144 Å². The molecule has 130 valence electrons. The summed E-state index contributed by atoms with van der Waals surface area (Å²) in [6.07, 6.45) is 3.52. The number of nitrogens with zero attached hydrogens (tertiary/aromatic N) is 2. The van der Waals surface area contributed by atoms with Crippen LogP contribution in [0.1, 0.15) is 16.8 Å². The van der Waals surface area contributed by atoms with Crippen molar-refractivity contribution in [3.63, 3.8) is 0 Å². The van der Waals surface area contributed by atoms with Crippen LogP contribution in [0.3, 0.4) is 0 Å². The maximum Gasteiger partial charge on any atom is 0.255 e. The first kappa shape index (κ1) is 16.0. The van der Waals surface area contributed by atoms with E-state index in [4.69, 9.17) is 0 Å². The number of aromatic nitrogens is 3. The summed E-state index contributed by atoms with van der Waals surface area (Å²) >= 11 is 0. The molecule has 8 heteroatoms. The summed E-state index contributed by atoms with van der Waals surface area (Å²) in [5, 5.41) is 0.897. The van der Waals surface area contributed by atoms with E-state index >= 15 is 0 Å². The van der Waals surface area contributed by atoms with Crippen molar-refractivity contribution in [1.82, 2.24) is 19.9 Å². The normalized spacial score (nSPS) is 15.4. The fourth-order valence-corrected chi connectivity index (χ4v) is 3.86. The first-order valence-corrected chi connectivity index (χ1v) is 9.90. The van der Waals surface area contributed by atoms with E-state index in [2.05, 4.69) is 32.0 Å². The molecule has 0 unspecified atom stereocenters. The molecule has 0 bridgehead atoms. The number of nitrogens with one attached hydrogen (secondary N) is 2. The molecule has 1 aliphatic rings. The van der Waals surface area contributed by atoms with Gasteiger partial charge in [-0.2, -0.15) is 0 Å². The molecule has 2 aromatic heterocycles. The Morgan fingerprint density at radius 2 is 2.12 bits per heavy atom. The van der Waals surface area contributed by atoms with E-state index in [1.807, 2.05) is 18.3 Å². The molecule has 0 fully saturated rings. The van der Waals surface area contributed by atoms with Crippen molar-refractivity contribution in [2.75, 3.05) is 12.8 Å². The molecule has 0 radical (unpaired) electrons. The summed E-state index contributed by atoms with van der Waals surface area (Å²) in [7, 11) is -3.55. The SMILES string of the molecule is CS(=O)(=O)c1nc2c(c(=O)[nH]1)CCN(Cc1cccc3cc[nH]c13)C2. The zero-order chi connectivity index (χ0) is 17.6. The molecule has 3 heterocycles. The maximum absolute atomic E-state index is 12.2. The van der Waals surface area contributed by atoms with Gasteiger partial charge in [0, 0.05) is 43.2 Å². The van der Waals surface area contributed by atoms with E-state index in [0.717, 1.165) is 23.7 Å². The van der Waals surface area contributed by atoms with Crippen LogP contribution < -0.4 is 5.56 Å². The number of sulfone groups is 1. The van der Waals surface area contributed by atoms with E-state index in [-0.39, 0.29) is 10.7 Å². The average molecular weight is 358 g/mol. The Balaban J connectivity index is 1.66. The van der Waals surface area contributed by atoms with Crippen LogP contribution in [0.15, 0.2) is 40.4 Å². The highest BCUT2D eigenvalue weighted by Crippen LogP contribution is 2.22. The summed E-state index contributed by atoms with van der Waals surface area (Å²) in [6, 6.07) is 8.18. The van der Waals surface area contributed by atoms with Crippen LogP contribution in [0, 0.1) is 0 Å². The molecule has 7 nitrogen and oxygen atoms in total. The van der Waals surface area contributed by atoms with Gasteiger partial charge in [0.1, 0.15) is 0 Å². The quantitative estimate of drug-likeness (QED) is 0.686. The molecular weight excluding hydrogens is 340 g/mol. The molecule has 25 heavy (non-hydrogen) atoms. The predicted octanol–water partition coefficient (Wildman–Crippen LogP) is 1.21. The smallest absolute Gasteiger partial charge is 0.255 e.